The topological polar surface area (TPSA) is 23.5 Å². The molecule has 0 spiro atoms. The predicted molar refractivity (Wildman–Crippen MR) is 127 cm³/mol. The molecule has 8 heteroatoms. The third-order valence-corrected chi connectivity index (χ3v) is 7.95. The number of hydrogen-bond donors (Lipinski definition) is 1. The van der Waals surface area contributed by atoms with Crippen molar-refractivity contribution in [1.82, 2.24) is 4.90 Å². The number of benzene rings is 2. The molecule has 1 saturated carbocycles. The van der Waals surface area contributed by atoms with Crippen LogP contribution in [0.15, 0.2) is 48.5 Å². The number of piperidine rings is 1. The Kier molecular flexibility index (Phi) is 8.05. The highest BCUT2D eigenvalue weighted by atomic mass is 19.4. The lowest BCUT2D eigenvalue weighted by atomic mass is 9.64. The van der Waals surface area contributed by atoms with Crippen molar-refractivity contribution in [1.29, 1.82) is 0 Å². The van der Waals surface area contributed by atoms with Crippen LogP contribution in [-0.4, -0.2) is 35.2 Å². The third kappa shape index (κ3) is 6.43. The second-order valence-electron chi connectivity index (χ2n) is 10.5. The largest absolute Gasteiger partial charge is 0.416 e. The standard InChI is InChI=1S/C28H33F6NO/c29-27(30,31)22-15-20(16-23(18-22)28(32,33)34)17-25(36)19-26(21-7-3-1-4-8-21)11-9-24(10-12-26)35-13-5-2-6-14-35/h1,3-4,7-8,15-16,18,24-25,36H,2,5-6,9-14,17,19H2. The zero-order valence-electron chi connectivity index (χ0n) is 20.2. The van der Waals surface area contributed by atoms with Crippen molar-refractivity contribution < 1.29 is 31.4 Å². The molecular weight excluding hydrogens is 480 g/mol. The fraction of sp³-hybridized carbons (Fsp3) is 0.571. The van der Waals surface area contributed by atoms with Crippen molar-refractivity contribution in [2.75, 3.05) is 13.1 Å². The normalized spacial score (nSPS) is 25.0. The molecule has 198 valence electrons. The van der Waals surface area contributed by atoms with Crippen LogP contribution in [0.1, 0.15) is 73.6 Å². The zero-order valence-corrected chi connectivity index (χ0v) is 20.2. The first-order valence-electron chi connectivity index (χ1n) is 12.7. The second-order valence-corrected chi connectivity index (χ2v) is 10.5. The molecule has 1 unspecified atom stereocenters. The molecule has 0 bridgehead atoms. The fourth-order valence-electron chi connectivity index (χ4n) is 6.14. The summed E-state index contributed by atoms with van der Waals surface area (Å²) in [6, 6.07) is 11.9. The van der Waals surface area contributed by atoms with Crippen molar-refractivity contribution >= 4 is 0 Å². The predicted octanol–water partition coefficient (Wildman–Crippen LogP) is 7.38. The van der Waals surface area contributed by atoms with E-state index in [1.54, 1.807) is 0 Å². The maximum atomic E-state index is 13.3. The van der Waals surface area contributed by atoms with Crippen LogP contribution in [0.4, 0.5) is 26.3 Å². The summed E-state index contributed by atoms with van der Waals surface area (Å²) >= 11 is 0. The van der Waals surface area contributed by atoms with Crippen LogP contribution in [0, 0.1) is 0 Å². The number of aliphatic hydroxyl groups excluding tert-OH is 1. The monoisotopic (exact) mass is 513 g/mol. The number of nitrogens with zero attached hydrogens (tertiary/aromatic N) is 1. The van der Waals surface area contributed by atoms with E-state index in [1.807, 2.05) is 30.3 Å². The van der Waals surface area contributed by atoms with Gasteiger partial charge in [-0.3, -0.25) is 0 Å². The van der Waals surface area contributed by atoms with Crippen LogP contribution in [-0.2, 0) is 24.2 Å². The van der Waals surface area contributed by atoms with Gasteiger partial charge in [-0.1, -0.05) is 36.8 Å². The molecule has 4 rings (SSSR count). The number of likely N-dealkylation sites (tertiary alicyclic amines) is 1. The maximum absolute atomic E-state index is 13.3. The van der Waals surface area contributed by atoms with E-state index in [0.717, 1.165) is 56.5 Å². The Morgan fingerprint density at radius 3 is 1.92 bits per heavy atom. The van der Waals surface area contributed by atoms with Gasteiger partial charge in [-0.2, -0.15) is 26.3 Å². The van der Waals surface area contributed by atoms with Crippen LogP contribution in [0.3, 0.4) is 0 Å². The molecule has 0 radical (unpaired) electrons. The molecule has 2 aromatic rings. The average Bonchev–Trinajstić information content (AvgIpc) is 2.84. The Bertz CT molecular complexity index is 957. The lowest BCUT2D eigenvalue weighted by Crippen LogP contribution is -2.45. The summed E-state index contributed by atoms with van der Waals surface area (Å²) in [6.07, 6.45) is -3.61. The summed E-state index contributed by atoms with van der Waals surface area (Å²) in [5.41, 5.74) is -2.14. The van der Waals surface area contributed by atoms with Crippen molar-refractivity contribution in [2.24, 2.45) is 0 Å². The van der Waals surface area contributed by atoms with E-state index in [0.29, 0.717) is 12.5 Å². The van der Waals surface area contributed by atoms with Gasteiger partial charge in [0.25, 0.3) is 0 Å². The first-order valence-corrected chi connectivity index (χ1v) is 12.7. The third-order valence-electron chi connectivity index (χ3n) is 7.95. The molecule has 1 atom stereocenters. The van der Waals surface area contributed by atoms with Gasteiger partial charge in [0.2, 0.25) is 0 Å². The van der Waals surface area contributed by atoms with Gasteiger partial charge in [-0.15, -0.1) is 0 Å². The van der Waals surface area contributed by atoms with Gasteiger partial charge in [0, 0.05) is 6.04 Å². The second kappa shape index (κ2) is 10.7. The van der Waals surface area contributed by atoms with Crippen molar-refractivity contribution in [2.45, 2.75) is 87.7 Å². The molecule has 0 amide bonds. The minimum atomic E-state index is -4.90. The van der Waals surface area contributed by atoms with Crippen LogP contribution >= 0.6 is 0 Å². The van der Waals surface area contributed by atoms with E-state index in [4.69, 9.17) is 0 Å². The maximum Gasteiger partial charge on any atom is 0.416 e. The van der Waals surface area contributed by atoms with E-state index in [1.165, 1.54) is 19.3 Å². The van der Waals surface area contributed by atoms with Gasteiger partial charge in [0.1, 0.15) is 0 Å². The van der Waals surface area contributed by atoms with Crippen molar-refractivity contribution in [3.05, 3.63) is 70.8 Å². The molecule has 2 aromatic carbocycles. The lowest BCUT2D eigenvalue weighted by molar-refractivity contribution is -0.143. The van der Waals surface area contributed by atoms with Crippen LogP contribution in [0.2, 0.25) is 0 Å². The van der Waals surface area contributed by atoms with Crippen molar-refractivity contribution in [3.63, 3.8) is 0 Å². The fourth-order valence-corrected chi connectivity index (χ4v) is 6.14. The van der Waals surface area contributed by atoms with Gasteiger partial charge in [0.05, 0.1) is 17.2 Å². The Morgan fingerprint density at radius 2 is 1.39 bits per heavy atom. The summed E-state index contributed by atoms with van der Waals surface area (Å²) < 4.78 is 79.7. The van der Waals surface area contributed by atoms with Crippen LogP contribution < -0.4 is 0 Å². The minimum absolute atomic E-state index is 0.128. The molecule has 1 aliphatic heterocycles. The van der Waals surface area contributed by atoms with Gasteiger partial charge in [-0.05, 0) is 99.2 Å². The molecule has 1 N–H and O–H groups in total. The first kappa shape index (κ1) is 27.0. The van der Waals surface area contributed by atoms with E-state index in [2.05, 4.69) is 4.90 Å². The molecule has 2 fully saturated rings. The molecule has 1 saturated heterocycles. The van der Waals surface area contributed by atoms with Gasteiger partial charge < -0.3 is 10.0 Å². The molecule has 2 nitrogen and oxygen atoms in total. The Morgan fingerprint density at radius 1 is 0.833 bits per heavy atom. The van der Waals surface area contributed by atoms with Gasteiger partial charge in [0.15, 0.2) is 0 Å². The molecule has 1 heterocycles. The summed E-state index contributed by atoms with van der Waals surface area (Å²) in [4.78, 5) is 2.55. The first-order chi connectivity index (χ1) is 17.0. The summed E-state index contributed by atoms with van der Waals surface area (Å²) in [6.45, 7) is 2.20. The quantitative estimate of drug-likeness (QED) is 0.407. The van der Waals surface area contributed by atoms with Crippen LogP contribution in [0.25, 0.3) is 0 Å². The number of aliphatic hydroxyl groups is 1. The highest BCUT2D eigenvalue weighted by Crippen LogP contribution is 2.45. The Labute approximate surface area is 208 Å². The highest BCUT2D eigenvalue weighted by Gasteiger charge is 2.41. The Balaban J connectivity index is 1.54. The Hall–Kier alpha value is -2.06. The molecule has 36 heavy (non-hydrogen) atoms. The number of hydrogen-bond acceptors (Lipinski definition) is 2. The van der Waals surface area contributed by atoms with Gasteiger partial charge >= 0.3 is 12.4 Å². The van der Waals surface area contributed by atoms with Crippen LogP contribution in [0.5, 0.6) is 0 Å². The zero-order chi connectivity index (χ0) is 26.0. The van der Waals surface area contributed by atoms with E-state index in [9.17, 15) is 31.4 Å². The molecule has 1 aliphatic carbocycles. The lowest BCUT2D eigenvalue weighted by Gasteiger charge is -2.46. The molecule has 2 aliphatic rings. The van der Waals surface area contributed by atoms with E-state index < -0.39 is 29.6 Å². The SMILES string of the molecule is OC(Cc1cc(C(F)(F)F)cc(C(F)(F)F)c1)CC1(c2ccccc2)CCC(N2CCCCC2)CC1. The minimum Gasteiger partial charge on any atom is -0.393 e. The highest BCUT2D eigenvalue weighted by molar-refractivity contribution is 5.34. The van der Waals surface area contributed by atoms with Gasteiger partial charge in [-0.25, -0.2) is 0 Å². The number of halogens is 6. The summed E-state index contributed by atoms with van der Waals surface area (Å²) in [5.74, 6) is 0. The smallest absolute Gasteiger partial charge is 0.393 e. The summed E-state index contributed by atoms with van der Waals surface area (Å²) in [5, 5.41) is 11.0. The average molecular weight is 514 g/mol. The van der Waals surface area contributed by atoms with E-state index >= 15 is 0 Å². The summed E-state index contributed by atoms with van der Waals surface area (Å²) in [7, 11) is 0. The van der Waals surface area contributed by atoms with Crippen molar-refractivity contribution in [3.8, 4) is 0 Å². The number of rotatable bonds is 6. The molecule has 0 aromatic heterocycles. The van der Waals surface area contributed by atoms with E-state index in [-0.39, 0.29) is 23.5 Å². The number of alkyl halides is 6. The molecular formula is C28H33F6NO.